The van der Waals surface area contributed by atoms with Gasteiger partial charge in [-0.25, -0.2) is 9.59 Å². The van der Waals surface area contributed by atoms with Gasteiger partial charge in [0.15, 0.2) is 0 Å². The van der Waals surface area contributed by atoms with Gasteiger partial charge >= 0.3 is 12.1 Å². The first kappa shape index (κ1) is 22.2. The average molecular weight is 376 g/mol. The van der Waals surface area contributed by atoms with Gasteiger partial charge < -0.3 is 20.1 Å². The summed E-state index contributed by atoms with van der Waals surface area (Å²) in [6.07, 6.45) is 1.86. The fourth-order valence-corrected chi connectivity index (χ4v) is 2.36. The highest BCUT2D eigenvalue weighted by atomic mass is 16.5. The van der Waals surface area contributed by atoms with E-state index in [1.54, 1.807) is 19.9 Å². The lowest BCUT2D eigenvalue weighted by Crippen LogP contribution is -2.53. The summed E-state index contributed by atoms with van der Waals surface area (Å²) in [5.74, 6) is -1.22. The van der Waals surface area contributed by atoms with Crippen LogP contribution in [0.25, 0.3) is 0 Å². The topological polar surface area (TPSA) is 93.7 Å². The molecule has 0 bridgehead atoms. The molecule has 2 N–H and O–H groups in total. The monoisotopic (exact) mass is 376 g/mol. The lowest BCUT2D eigenvalue weighted by Gasteiger charge is -2.24. The number of esters is 1. The van der Waals surface area contributed by atoms with Crippen molar-refractivity contribution in [3.8, 4) is 0 Å². The van der Waals surface area contributed by atoms with Crippen LogP contribution in [0.4, 0.5) is 4.79 Å². The van der Waals surface area contributed by atoms with Crippen molar-refractivity contribution in [3.05, 3.63) is 48.6 Å². The largest absolute Gasteiger partial charge is 0.467 e. The van der Waals surface area contributed by atoms with E-state index in [1.165, 1.54) is 7.11 Å². The van der Waals surface area contributed by atoms with E-state index >= 15 is 0 Å². The third-order valence-corrected chi connectivity index (χ3v) is 3.90. The molecule has 0 saturated heterocycles. The molecule has 7 nitrogen and oxygen atoms in total. The summed E-state index contributed by atoms with van der Waals surface area (Å²) >= 11 is 0. The van der Waals surface area contributed by atoms with Crippen LogP contribution in [0.3, 0.4) is 0 Å². The number of nitrogens with one attached hydrogen (secondary N) is 2. The SMILES string of the molecule is C=CCC[C@@H](NC(=O)[C@H](NC(=O)OCc1ccccc1)C(C)C)C(=O)OC. The molecule has 0 spiro atoms. The van der Waals surface area contributed by atoms with E-state index in [9.17, 15) is 14.4 Å². The van der Waals surface area contributed by atoms with Gasteiger partial charge in [0.25, 0.3) is 0 Å². The van der Waals surface area contributed by atoms with Gasteiger partial charge in [-0.15, -0.1) is 6.58 Å². The molecule has 7 heteroatoms. The number of rotatable bonds is 10. The molecule has 148 valence electrons. The molecule has 0 saturated carbocycles. The molecule has 0 aromatic heterocycles. The Balaban J connectivity index is 2.66. The van der Waals surface area contributed by atoms with Gasteiger partial charge in [-0.05, 0) is 24.3 Å². The van der Waals surface area contributed by atoms with Gasteiger partial charge in [0.05, 0.1) is 7.11 Å². The van der Waals surface area contributed by atoms with E-state index in [1.807, 2.05) is 30.3 Å². The zero-order valence-corrected chi connectivity index (χ0v) is 16.1. The average Bonchev–Trinajstić information content (AvgIpc) is 2.67. The number of benzene rings is 1. The number of amides is 2. The minimum atomic E-state index is -0.843. The van der Waals surface area contributed by atoms with Crippen LogP contribution in [0.2, 0.25) is 0 Å². The summed E-state index contributed by atoms with van der Waals surface area (Å²) in [7, 11) is 1.26. The molecule has 1 rings (SSSR count). The van der Waals surface area contributed by atoms with Crippen molar-refractivity contribution in [1.29, 1.82) is 0 Å². The van der Waals surface area contributed by atoms with Gasteiger partial charge in [-0.1, -0.05) is 50.3 Å². The Morgan fingerprint density at radius 3 is 2.37 bits per heavy atom. The molecule has 0 aliphatic rings. The second-order valence-corrected chi connectivity index (χ2v) is 6.38. The third kappa shape index (κ3) is 7.94. The third-order valence-electron chi connectivity index (χ3n) is 3.90. The highest BCUT2D eigenvalue weighted by Gasteiger charge is 2.29. The van der Waals surface area contributed by atoms with E-state index in [-0.39, 0.29) is 12.5 Å². The Bertz CT molecular complexity index is 631. The maximum atomic E-state index is 12.6. The summed E-state index contributed by atoms with van der Waals surface area (Å²) in [6, 6.07) is 7.58. The number of hydrogen-bond acceptors (Lipinski definition) is 5. The first-order valence-electron chi connectivity index (χ1n) is 8.85. The summed E-state index contributed by atoms with van der Waals surface area (Å²) in [5, 5.41) is 5.19. The Kier molecular flexibility index (Phi) is 9.64. The first-order valence-corrected chi connectivity index (χ1v) is 8.85. The van der Waals surface area contributed by atoms with Crippen molar-refractivity contribution < 1.29 is 23.9 Å². The first-order chi connectivity index (χ1) is 12.9. The van der Waals surface area contributed by atoms with Crippen molar-refractivity contribution in [3.63, 3.8) is 0 Å². The number of methoxy groups -OCH3 is 1. The molecule has 27 heavy (non-hydrogen) atoms. The summed E-state index contributed by atoms with van der Waals surface area (Å²) in [6.45, 7) is 7.29. The van der Waals surface area contributed by atoms with Crippen LogP contribution in [0.5, 0.6) is 0 Å². The summed E-state index contributed by atoms with van der Waals surface area (Å²) < 4.78 is 9.88. The van der Waals surface area contributed by atoms with Crippen molar-refractivity contribution >= 4 is 18.0 Å². The Morgan fingerprint density at radius 2 is 1.81 bits per heavy atom. The number of allylic oxidation sites excluding steroid dienone is 1. The lowest BCUT2D eigenvalue weighted by atomic mass is 10.0. The van der Waals surface area contributed by atoms with Crippen LogP contribution in [-0.4, -0.2) is 37.2 Å². The molecule has 0 aliphatic heterocycles. The fourth-order valence-electron chi connectivity index (χ4n) is 2.36. The van der Waals surface area contributed by atoms with Crippen molar-refractivity contribution in [2.24, 2.45) is 5.92 Å². The van der Waals surface area contributed by atoms with Crippen LogP contribution >= 0.6 is 0 Å². The molecule has 2 amide bonds. The highest BCUT2D eigenvalue weighted by Crippen LogP contribution is 2.07. The second-order valence-electron chi connectivity index (χ2n) is 6.38. The number of alkyl carbamates (subject to hydrolysis) is 1. The molecule has 2 atom stereocenters. The van der Waals surface area contributed by atoms with E-state index in [2.05, 4.69) is 17.2 Å². The van der Waals surface area contributed by atoms with E-state index < -0.39 is 30.1 Å². The van der Waals surface area contributed by atoms with Crippen molar-refractivity contribution in [2.75, 3.05) is 7.11 Å². The molecule has 0 unspecified atom stereocenters. The van der Waals surface area contributed by atoms with Gasteiger partial charge in [-0.2, -0.15) is 0 Å². The van der Waals surface area contributed by atoms with E-state index in [4.69, 9.17) is 9.47 Å². The standard InChI is InChI=1S/C20H28N2O5/c1-5-6-12-16(19(24)26-4)21-18(23)17(14(2)3)22-20(25)27-13-15-10-8-7-9-11-15/h5,7-11,14,16-17H,1,6,12-13H2,2-4H3,(H,21,23)(H,22,25)/t16-,17-/m1/s1. The second kappa shape index (κ2) is 11.7. The minimum Gasteiger partial charge on any atom is -0.467 e. The van der Waals surface area contributed by atoms with Crippen LogP contribution < -0.4 is 10.6 Å². The number of ether oxygens (including phenoxy) is 2. The zero-order valence-electron chi connectivity index (χ0n) is 16.1. The zero-order chi connectivity index (χ0) is 20.2. The molecule has 0 fully saturated rings. The Labute approximate surface area is 160 Å². The predicted molar refractivity (Wildman–Crippen MR) is 102 cm³/mol. The van der Waals surface area contributed by atoms with Gasteiger partial charge in [0.1, 0.15) is 18.7 Å². The van der Waals surface area contributed by atoms with Gasteiger partial charge in [0.2, 0.25) is 5.91 Å². The molecule has 0 heterocycles. The van der Waals surface area contributed by atoms with Crippen LogP contribution in [-0.2, 0) is 25.7 Å². The predicted octanol–water partition coefficient (Wildman–Crippen LogP) is 2.56. The molecule has 0 radical (unpaired) electrons. The number of carbonyl (C=O) groups is 3. The molecule has 1 aromatic carbocycles. The molecule has 0 aliphatic carbocycles. The normalized spacial score (nSPS) is 12.6. The smallest absolute Gasteiger partial charge is 0.408 e. The van der Waals surface area contributed by atoms with Crippen LogP contribution in [0.1, 0.15) is 32.3 Å². The van der Waals surface area contributed by atoms with Crippen LogP contribution in [0, 0.1) is 5.92 Å². The van der Waals surface area contributed by atoms with Gasteiger partial charge in [-0.3, -0.25) is 4.79 Å². The molecular formula is C20H28N2O5. The maximum absolute atomic E-state index is 12.6. The van der Waals surface area contributed by atoms with E-state index in [0.717, 1.165) is 5.56 Å². The van der Waals surface area contributed by atoms with Gasteiger partial charge in [0, 0.05) is 0 Å². The van der Waals surface area contributed by atoms with Crippen molar-refractivity contribution in [1.82, 2.24) is 10.6 Å². The maximum Gasteiger partial charge on any atom is 0.408 e. The molecular weight excluding hydrogens is 348 g/mol. The van der Waals surface area contributed by atoms with E-state index in [0.29, 0.717) is 12.8 Å². The van der Waals surface area contributed by atoms with Crippen molar-refractivity contribution in [2.45, 2.75) is 45.4 Å². The lowest BCUT2D eigenvalue weighted by molar-refractivity contribution is -0.145. The highest BCUT2D eigenvalue weighted by molar-refractivity contribution is 5.89. The summed E-state index contributed by atoms with van der Waals surface area (Å²) in [5.41, 5.74) is 0.841. The quantitative estimate of drug-likeness (QED) is 0.483. The number of carbonyl (C=O) groups excluding carboxylic acids is 3. The minimum absolute atomic E-state index is 0.100. The Hall–Kier alpha value is -2.83. The summed E-state index contributed by atoms with van der Waals surface area (Å²) in [4.78, 5) is 36.5. The number of hydrogen-bond donors (Lipinski definition) is 2. The molecule has 1 aromatic rings. The fraction of sp³-hybridized carbons (Fsp3) is 0.450. The van der Waals surface area contributed by atoms with Crippen LogP contribution in [0.15, 0.2) is 43.0 Å². The Morgan fingerprint density at radius 1 is 1.15 bits per heavy atom.